The Kier molecular flexibility index (Phi) is 31.7. The highest BCUT2D eigenvalue weighted by molar-refractivity contribution is 5.70. The van der Waals surface area contributed by atoms with Crippen LogP contribution in [0.2, 0.25) is 0 Å². The largest absolute Gasteiger partial charge is 0.462 e. The van der Waals surface area contributed by atoms with Crippen LogP contribution in [-0.4, -0.2) is 37.9 Å². The number of ether oxygens (including phenoxy) is 3. The molecule has 0 radical (unpaired) electrons. The van der Waals surface area contributed by atoms with E-state index in [1.165, 1.54) is 51.4 Å². The third kappa shape index (κ3) is 30.8. The lowest BCUT2D eigenvalue weighted by Crippen LogP contribution is -2.30. The van der Waals surface area contributed by atoms with Crippen molar-refractivity contribution in [3.05, 3.63) is 48.6 Å². The van der Waals surface area contributed by atoms with E-state index >= 15 is 0 Å². The van der Waals surface area contributed by atoms with E-state index in [9.17, 15) is 9.59 Å². The molecule has 0 aliphatic carbocycles. The molecule has 0 N–H and O–H groups in total. The second-order valence-electron chi connectivity index (χ2n) is 11.0. The lowest BCUT2D eigenvalue weighted by molar-refractivity contribution is -0.162. The number of unbranched alkanes of at least 4 members (excludes halogenated alkanes) is 11. The van der Waals surface area contributed by atoms with Crippen LogP contribution in [0.1, 0.15) is 149 Å². The fourth-order valence-corrected chi connectivity index (χ4v) is 4.34. The molecule has 0 saturated heterocycles. The molecule has 0 aromatic rings. The van der Waals surface area contributed by atoms with E-state index in [2.05, 4.69) is 63.3 Å². The zero-order chi connectivity index (χ0) is 30.8. The number of esters is 2. The smallest absolute Gasteiger partial charge is 0.306 e. The van der Waals surface area contributed by atoms with Crippen LogP contribution in [0.15, 0.2) is 48.6 Å². The first kappa shape index (κ1) is 39.9. The normalized spacial score (nSPS) is 12.7. The van der Waals surface area contributed by atoms with Gasteiger partial charge in [0.1, 0.15) is 6.61 Å². The average molecular weight is 589 g/mol. The Hall–Kier alpha value is -2.14. The van der Waals surface area contributed by atoms with Crippen LogP contribution >= 0.6 is 0 Å². The molecule has 242 valence electrons. The van der Waals surface area contributed by atoms with Gasteiger partial charge in [-0.15, -0.1) is 0 Å². The van der Waals surface area contributed by atoms with Gasteiger partial charge in [-0.05, 0) is 44.9 Å². The fraction of sp³-hybridized carbons (Fsp3) is 0.730. The molecule has 0 aliphatic rings. The zero-order valence-corrected chi connectivity index (χ0v) is 27.5. The minimum atomic E-state index is -0.552. The summed E-state index contributed by atoms with van der Waals surface area (Å²) in [5.74, 6) is -0.510. The number of hydrogen-bond acceptors (Lipinski definition) is 5. The summed E-state index contributed by atoms with van der Waals surface area (Å²) in [5, 5.41) is 0. The highest BCUT2D eigenvalue weighted by Gasteiger charge is 2.17. The van der Waals surface area contributed by atoms with Gasteiger partial charge in [-0.1, -0.05) is 140 Å². The summed E-state index contributed by atoms with van der Waals surface area (Å²) in [4.78, 5) is 24.7. The average Bonchev–Trinajstić information content (AvgIpc) is 2.99. The van der Waals surface area contributed by atoms with Crippen molar-refractivity contribution >= 4 is 11.9 Å². The molecule has 5 heteroatoms. The van der Waals surface area contributed by atoms with E-state index in [0.29, 0.717) is 25.9 Å². The number of hydrogen-bond donors (Lipinski definition) is 0. The standard InChI is InChI=1S/C37H64O5/c1-4-7-10-13-15-17-18-19-20-21-22-25-27-30-36(38)41-34-35(42-37(39)31-28-24-12-9-6-3)33-40-32-29-26-23-16-14-11-8-5-2/h7,10,15,17,19-20,22,25,35H,4-6,8-9,11-14,16,18,21,23-24,26-34H2,1-3H3/b10-7-,17-15-,20-19-,25-22-. The van der Waals surface area contributed by atoms with E-state index in [4.69, 9.17) is 14.2 Å². The number of allylic oxidation sites excluding steroid dienone is 8. The molecular formula is C37H64O5. The molecular weight excluding hydrogens is 524 g/mol. The topological polar surface area (TPSA) is 61.8 Å². The van der Waals surface area contributed by atoms with Crippen LogP contribution < -0.4 is 0 Å². The second kappa shape index (κ2) is 33.4. The number of carbonyl (C=O) groups is 2. The summed E-state index contributed by atoms with van der Waals surface area (Å²) in [6.45, 7) is 7.51. The summed E-state index contributed by atoms with van der Waals surface area (Å²) in [6, 6.07) is 0. The van der Waals surface area contributed by atoms with E-state index in [1.807, 2.05) is 6.08 Å². The first-order valence-electron chi connectivity index (χ1n) is 17.2. The minimum absolute atomic E-state index is 0.0477. The highest BCUT2D eigenvalue weighted by atomic mass is 16.6. The lowest BCUT2D eigenvalue weighted by Gasteiger charge is -2.18. The number of carbonyl (C=O) groups excluding carboxylic acids is 2. The van der Waals surface area contributed by atoms with E-state index in [-0.39, 0.29) is 25.2 Å². The Balaban J connectivity index is 4.27. The van der Waals surface area contributed by atoms with E-state index < -0.39 is 6.10 Å². The van der Waals surface area contributed by atoms with Crippen molar-refractivity contribution in [2.24, 2.45) is 0 Å². The van der Waals surface area contributed by atoms with Crippen LogP contribution in [0, 0.1) is 0 Å². The van der Waals surface area contributed by atoms with Gasteiger partial charge in [0.2, 0.25) is 0 Å². The third-order valence-electron chi connectivity index (χ3n) is 6.89. The molecule has 0 aromatic carbocycles. The monoisotopic (exact) mass is 588 g/mol. The van der Waals surface area contributed by atoms with Crippen LogP contribution in [0.3, 0.4) is 0 Å². The first-order chi connectivity index (χ1) is 20.6. The molecule has 0 spiro atoms. The molecule has 0 fully saturated rings. The van der Waals surface area contributed by atoms with Gasteiger partial charge in [0.25, 0.3) is 0 Å². The molecule has 0 heterocycles. The van der Waals surface area contributed by atoms with E-state index in [1.54, 1.807) is 0 Å². The van der Waals surface area contributed by atoms with Crippen LogP contribution in [0.4, 0.5) is 0 Å². The van der Waals surface area contributed by atoms with Gasteiger partial charge in [0, 0.05) is 19.4 Å². The highest BCUT2D eigenvalue weighted by Crippen LogP contribution is 2.10. The molecule has 0 bridgehead atoms. The van der Waals surface area contributed by atoms with Crippen LogP contribution in [-0.2, 0) is 23.8 Å². The third-order valence-corrected chi connectivity index (χ3v) is 6.89. The molecule has 0 amide bonds. The van der Waals surface area contributed by atoms with E-state index in [0.717, 1.165) is 57.8 Å². The predicted octanol–water partition coefficient (Wildman–Crippen LogP) is 10.5. The molecule has 0 aliphatic heterocycles. The Morgan fingerprint density at radius 2 is 1.07 bits per heavy atom. The summed E-state index contributed by atoms with van der Waals surface area (Å²) < 4.78 is 16.9. The maximum absolute atomic E-state index is 12.4. The quantitative estimate of drug-likeness (QED) is 0.0474. The Labute approximate surface area is 259 Å². The van der Waals surface area contributed by atoms with Crippen molar-refractivity contribution in [1.82, 2.24) is 0 Å². The molecule has 0 saturated carbocycles. The van der Waals surface area contributed by atoms with Crippen LogP contribution in [0.25, 0.3) is 0 Å². The maximum atomic E-state index is 12.4. The molecule has 0 rings (SSSR count). The Bertz CT molecular complexity index is 722. The van der Waals surface area contributed by atoms with Crippen molar-refractivity contribution in [2.75, 3.05) is 19.8 Å². The van der Waals surface area contributed by atoms with Gasteiger partial charge in [0.15, 0.2) is 6.10 Å². The lowest BCUT2D eigenvalue weighted by atomic mass is 10.1. The summed E-state index contributed by atoms with van der Waals surface area (Å²) in [5.41, 5.74) is 0. The zero-order valence-electron chi connectivity index (χ0n) is 27.5. The number of rotatable bonds is 30. The van der Waals surface area contributed by atoms with Gasteiger partial charge >= 0.3 is 11.9 Å². The molecule has 1 atom stereocenters. The van der Waals surface area contributed by atoms with Gasteiger partial charge in [-0.2, -0.15) is 0 Å². The van der Waals surface area contributed by atoms with Crippen molar-refractivity contribution in [3.8, 4) is 0 Å². The molecule has 0 aromatic heterocycles. The summed E-state index contributed by atoms with van der Waals surface area (Å²) in [7, 11) is 0. The minimum Gasteiger partial charge on any atom is -0.462 e. The first-order valence-corrected chi connectivity index (χ1v) is 17.2. The van der Waals surface area contributed by atoms with Gasteiger partial charge in [-0.25, -0.2) is 0 Å². The predicted molar refractivity (Wildman–Crippen MR) is 178 cm³/mol. The van der Waals surface area contributed by atoms with Gasteiger partial charge in [0.05, 0.1) is 6.61 Å². The van der Waals surface area contributed by atoms with Gasteiger partial charge < -0.3 is 14.2 Å². The Morgan fingerprint density at radius 3 is 1.67 bits per heavy atom. The molecule has 1 unspecified atom stereocenters. The van der Waals surface area contributed by atoms with Crippen LogP contribution in [0.5, 0.6) is 0 Å². The summed E-state index contributed by atoms with van der Waals surface area (Å²) in [6.07, 6.45) is 37.1. The Morgan fingerprint density at radius 1 is 0.548 bits per heavy atom. The summed E-state index contributed by atoms with van der Waals surface area (Å²) >= 11 is 0. The van der Waals surface area contributed by atoms with Crippen molar-refractivity contribution in [2.45, 2.75) is 155 Å². The SMILES string of the molecule is CC/C=C\C/C=C\C/C=C\C/C=C\CCC(=O)OCC(COCCCCCCCCCC)OC(=O)CCCCCCC. The fourth-order valence-electron chi connectivity index (χ4n) is 4.34. The molecule has 42 heavy (non-hydrogen) atoms. The van der Waals surface area contributed by atoms with Crippen molar-refractivity contribution < 1.29 is 23.8 Å². The van der Waals surface area contributed by atoms with Crippen molar-refractivity contribution in [3.63, 3.8) is 0 Å². The second-order valence-corrected chi connectivity index (χ2v) is 11.0. The van der Waals surface area contributed by atoms with Gasteiger partial charge in [-0.3, -0.25) is 9.59 Å². The van der Waals surface area contributed by atoms with Crippen molar-refractivity contribution in [1.29, 1.82) is 0 Å². The maximum Gasteiger partial charge on any atom is 0.306 e. The molecule has 5 nitrogen and oxygen atoms in total.